The second kappa shape index (κ2) is 8.64. The van der Waals surface area contributed by atoms with Crippen LogP contribution in [0.4, 0.5) is 15.3 Å². The first-order valence-electron chi connectivity index (χ1n) is 11.7. The second-order valence-corrected chi connectivity index (χ2v) is 9.45. The van der Waals surface area contributed by atoms with Gasteiger partial charge in [-0.3, -0.25) is 4.79 Å². The largest absolute Gasteiger partial charge is 0.336 e. The number of rotatable bonds is 3. The Morgan fingerprint density at radius 1 is 1.06 bits per heavy atom. The molecule has 0 unspecified atom stereocenters. The molecule has 3 saturated heterocycles. The number of benzene rings is 1. The summed E-state index contributed by atoms with van der Waals surface area (Å²) >= 11 is 0. The molecule has 1 aromatic rings. The molecular formula is C24H35N5O3. The lowest BCUT2D eigenvalue weighted by Gasteiger charge is -2.47. The Labute approximate surface area is 190 Å². The SMILES string of the molecule is CCc1ccc(NC(=O)N2CCC3(CC2)[C@H]2CN(C(=O)N(C)C)C[C@H]2C(=O)N3CC)cc1. The van der Waals surface area contributed by atoms with Gasteiger partial charge in [-0.05, 0) is 43.9 Å². The summed E-state index contributed by atoms with van der Waals surface area (Å²) in [5.74, 6) is 0.169. The number of aryl methyl sites for hydroxylation is 1. The Bertz CT molecular complexity index is 876. The summed E-state index contributed by atoms with van der Waals surface area (Å²) in [6.45, 7) is 7.12. The van der Waals surface area contributed by atoms with E-state index in [-0.39, 0.29) is 35.3 Å². The first kappa shape index (κ1) is 22.4. The van der Waals surface area contributed by atoms with Crippen LogP contribution in [0.5, 0.6) is 0 Å². The highest BCUT2D eigenvalue weighted by Crippen LogP contribution is 2.49. The number of fused-ring (bicyclic) bond motifs is 2. The summed E-state index contributed by atoms with van der Waals surface area (Å²) in [6.07, 6.45) is 2.47. The minimum Gasteiger partial charge on any atom is -0.336 e. The van der Waals surface area contributed by atoms with Crippen molar-refractivity contribution < 1.29 is 14.4 Å². The lowest BCUT2D eigenvalue weighted by molar-refractivity contribution is -0.135. The minimum absolute atomic E-state index is 0.0312. The molecule has 0 aliphatic carbocycles. The molecule has 0 radical (unpaired) electrons. The highest BCUT2D eigenvalue weighted by molar-refractivity contribution is 5.90. The lowest BCUT2D eigenvalue weighted by Crippen LogP contribution is -2.58. The first-order chi connectivity index (χ1) is 15.3. The number of urea groups is 2. The monoisotopic (exact) mass is 441 g/mol. The molecule has 4 rings (SSSR count). The van der Waals surface area contributed by atoms with Crippen LogP contribution in [-0.2, 0) is 11.2 Å². The molecule has 32 heavy (non-hydrogen) atoms. The molecule has 1 spiro atoms. The zero-order valence-corrected chi connectivity index (χ0v) is 19.6. The predicted octanol–water partition coefficient (Wildman–Crippen LogP) is 2.71. The summed E-state index contributed by atoms with van der Waals surface area (Å²) < 4.78 is 0. The molecule has 3 fully saturated rings. The van der Waals surface area contributed by atoms with Crippen molar-refractivity contribution in [2.75, 3.05) is 52.1 Å². The van der Waals surface area contributed by atoms with Crippen molar-refractivity contribution in [3.8, 4) is 0 Å². The van der Waals surface area contributed by atoms with E-state index in [4.69, 9.17) is 0 Å². The van der Waals surface area contributed by atoms with Gasteiger partial charge in [-0.15, -0.1) is 0 Å². The molecule has 174 valence electrons. The average Bonchev–Trinajstić information content (AvgIpc) is 3.32. The number of anilines is 1. The summed E-state index contributed by atoms with van der Waals surface area (Å²) in [5, 5.41) is 3.00. The van der Waals surface area contributed by atoms with E-state index >= 15 is 0 Å². The van der Waals surface area contributed by atoms with Crippen molar-refractivity contribution >= 4 is 23.7 Å². The Kier molecular flexibility index (Phi) is 6.05. The van der Waals surface area contributed by atoms with Gasteiger partial charge in [0.05, 0.1) is 11.5 Å². The second-order valence-electron chi connectivity index (χ2n) is 9.45. The number of hydrogen-bond acceptors (Lipinski definition) is 3. The van der Waals surface area contributed by atoms with Gasteiger partial charge in [-0.25, -0.2) is 9.59 Å². The van der Waals surface area contributed by atoms with Crippen molar-refractivity contribution in [3.63, 3.8) is 0 Å². The maximum atomic E-state index is 13.2. The van der Waals surface area contributed by atoms with Gasteiger partial charge in [0.15, 0.2) is 0 Å². The number of nitrogens with zero attached hydrogens (tertiary/aromatic N) is 4. The first-order valence-corrected chi connectivity index (χ1v) is 11.7. The topological polar surface area (TPSA) is 76.2 Å². The van der Waals surface area contributed by atoms with Crippen LogP contribution in [-0.4, -0.2) is 89.9 Å². The van der Waals surface area contributed by atoms with Gasteiger partial charge in [-0.1, -0.05) is 19.1 Å². The quantitative estimate of drug-likeness (QED) is 0.784. The van der Waals surface area contributed by atoms with Crippen LogP contribution in [0.1, 0.15) is 32.3 Å². The molecule has 2 atom stereocenters. The molecule has 1 aromatic carbocycles. The van der Waals surface area contributed by atoms with Crippen LogP contribution in [0.3, 0.4) is 0 Å². The Balaban J connectivity index is 1.44. The van der Waals surface area contributed by atoms with Crippen LogP contribution in [0.2, 0.25) is 0 Å². The van der Waals surface area contributed by atoms with Crippen LogP contribution in [0.25, 0.3) is 0 Å². The van der Waals surface area contributed by atoms with Crippen molar-refractivity contribution in [2.24, 2.45) is 11.8 Å². The third-order valence-corrected chi connectivity index (χ3v) is 7.63. The van der Waals surface area contributed by atoms with Crippen LogP contribution < -0.4 is 5.32 Å². The van der Waals surface area contributed by atoms with Gasteiger partial charge in [0.25, 0.3) is 0 Å². The third-order valence-electron chi connectivity index (χ3n) is 7.63. The number of carbonyl (C=O) groups excluding carboxylic acids is 3. The van der Waals surface area contributed by atoms with E-state index in [2.05, 4.69) is 12.2 Å². The van der Waals surface area contributed by atoms with E-state index in [0.717, 1.165) is 24.9 Å². The van der Waals surface area contributed by atoms with E-state index in [0.29, 0.717) is 32.7 Å². The Morgan fingerprint density at radius 3 is 2.28 bits per heavy atom. The van der Waals surface area contributed by atoms with Crippen LogP contribution in [0.15, 0.2) is 24.3 Å². The van der Waals surface area contributed by atoms with E-state index in [1.807, 2.05) is 45.9 Å². The van der Waals surface area contributed by atoms with Crippen LogP contribution in [0, 0.1) is 11.8 Å². The van der Waals surface area contributed by atoms with E-state index in [1.54, 1.807) is 19.0 Å². The molecule has 0 saturated carbocycles. The molecular weight excluding hydrogens is 406 g/mol. The molecule has 3 aliphatic heterocycles. The number of carbonyl (C=O) groups is 3. The van der Waals surface area contributed by atoms with E-state index in [1.165, 1.54) is 5.56 Å². The standard InChI is InChI=1S/C24H35N5O3/c1-5-17-7-9-18(10-8-17)25-22(31)27-13-11-24(12-14-27)20-16-28(23(32)26(3)4)15-19(20)21(30)29(24)6-2/h7-10,19-20H,5-6,11-16H2,1-4H3,(H,25,31)/t19-,20+/m1/s1. The van der Waals surface area contributed by atoms with Crippen molar-refractivity contribution in [2.45, 2.75) is 38.6 Å². The zero-order chi connectivity index (χ0) is 23.0. The van der Waals surface area contributed by atoms with Crippen molar-refractivity contribution in [1.29, 1.82) is 0 Å². The lowest BCUT2D eigenvalue weighted by atomic mass is 9.75. The van der Waals surface area contributed by atoms with E-state index in [9.17, 15) is 14.4 Å². The number of nitrogens with one attached hydrogen (secondary N) is 1. The molecule has 0 aromatic heterocycles. The highest BCUT2D eigenvalue weighted by atomic mass is 16.2. The average molecular weight is 442 g/mol. The highest BCUT2D eigenvalue weighted by Gasteiger charge is 2.62. The maximum absolute atomic E-state index is 13.2. The summed E-state index contributed by atoms with van der Waals surface area (Å²) in [7, 11) is 3.50. The molecule has 1 N–H and O–H groups in total. The normalized spacial score (nSPS) is 24.1. The third kappa shape index (κ3) is 3.69. The molecule has 8 nitrogen and oxygen atoms in total. The zero-order valence-electron chi connectivity index (χ0n) is 19.6. The molecule has 3 heterocycles. The number of hydrogen-bond donors (Lipinski definition) is 1. The minimum atomic E-state index is -0.266. The Hall–Kier alpha value is -2.77. The fourth-order valence-corrected chi connectivity index (χ4v) is 5.89. The summed E-state index contributed by atoms with van der Waals surface area (Å²) in [6, 6.07) is 7.82. The molecule has 5 amide bonds. The van der Waals surface area contributed by atoms with Gasteiger partial charge >= 0.3 is 12.1 Å². The fraction of sp³-hybridized carbons (Fsp3) is 0.625. The van der Waals surface area contributed by atoms with Gasteiger partial charge < -0.3 is 24.9 Å². The van der Waals surface area contributed by atoms with Crippen molar-refractivity contribution in [1.82, 2.24) is 19.6 Å². The van der Waals surface area contributed by atoms with Crippen LogP contribution >= 0.6 is 0 Å². The summed E-state index contributed by atoms with van der Waals surface area (Å²) in [5.41, 5.74) is 1.77. The molecule has 8 heteroatoms. The van der Waals surface area contributed by atoms with Gasteiger partial charge in [-0.2, -0.15) is 0 Å². The fourth-order valence-electron chi connectivity index (χ4n) is 5.89. The van der Waals surface area contributed by atoms with E-state index < -0.39 is 0 Å². The molecule has 0 bridgehead atoms. The maximum Gasteiger partial charge on any atom is 0.321 e. The number of amides is 5. The van der Waals surface area contributed by atoms with Crippen molar-refractivity contribution in [3.05, 3.63) is 29.8 Å². The molecule has 3 aliphatic rings. The summed E-state index contributed by atoms with van der Waals surface area (Å²) in [4.78, 5) is 45.9. The number of likely N-dealkylation sites (tertiary alicyclic amines) is 3. The number of piperidine rings is 1. The van der Waals surface area contributed by atoms with Gasteiger partial charge in [0.2, 0.25) is 5.91 Å². The smallest absolute Gasteiger partial charge is 0.321 e. The predicted molar refractivity (Wildman–Crippen MR) is 123 cm³/mol. The van der Waals surface area contributed by atoms with Gasteiger partial charge in [0, 0.05) is 58.4 Å². The Morgan fingerprint density at radius 2 is 1.72 bits per heavy atom. The van der Waals surface area contributed by atoms with Gasteiger partial charge in [0.1, 0.15) is 0 Å².